The molecule has 0 saturated carbocycles. The third-order valence-corrected chi connectivity index (χ3v) is 3.04. The van der Waals surface area contributed by atoms with Gasteiger partial charge in [-0.2, -0.15) is 0 Å². The summed E-state index contributed by atoms with van der Waals surface area (Å²) in [5.41, 5.74) is 1.20. The van der Waals surface area contributed by atoms with Crippen molar-refractivity contribution >= 4 is 17.8 Å². The Balaban J connectivity index is 2.76. The van der Waals surface area contributed by atoms with E-state index < -0.39 is 5.78 Å². The number of aldehydes is 1. The van der Waals surface area contributed by atoms with Crippen molar-refractivity contribution in [2.45, 2.75) is 26.7 Å². The fourth-order valence-electron chi connectivity index (χ4n) is 1.75. The molecule has 0 heterocycles. The number of para-hydroxylation sites is 1. The standard InChI is InChI=1S/C14H19NO2/c1-3-11(4-2)9-15-13-8-6-5-7-12(13)14(17)10-16/h5-8,10-11,15H,3-4,9H2,1-2H3. The second-order valence-electron chi connectivity index (χ2n) is 4.09. The molecule has 92 valence electrons. The van der Waals surface area contributed by atoms with E-state index in [1.807, 2.05) is 12.1 Å². The fraction of sp³-hybridized carbons (Fsp3) is 0.429. The van der Waals surface area contributed by atoms with Crippen molar-refractivity contribution in [2.24, 2.45) is 5.92 Å². The number of nitrogens with one attached hydrogen (secondary N) is 1. The molecule has 1 rings (SSSR count). The van der Waals surface area contributed by atoms with Crippen molar-refractivity contribution < 1.29 is 9.59 Å². The molecular weight excluding hydrogens is 214 g/mol. The van der Waals surface area contributed by atoms with Crippen molar-refractivity contribution in [3.63, 3.8) is 0 Å². The van der Waals surface area contributed by atoms with Gasteiger partial charge in [0.15, 0.2) is 6.29 Å². The number of carbonyl (C=O) groups is 2. The lowest BCUT2D eigenvalue weighted by Crippen LogP contribution is -2.15. The Hall–Kier alpha value is -1.64. The second-order valence-corrected chi connectivity index (χ2v) is 4.09. The zero-order chi connectivity index (χ0) is 12.7. The van der Waals surface area contributed by atoms with Gasteiger partial charge in [-0.25, -0.2) is 0 Å². The molecule has 17 heavy (non-hydrogen) atoms. The van der Waals surface area contributed by atoms with E-state index in [0.717, 1.165) is 25.1 Å². The Morgan fingerprint density at radius 3 is 2.53 bits per heavy atom. The molecule has 0 aliphatic carbocycles. The summed E-state index contributed by atoms with van der Waals surface area (Å²) in [6.07, 6.45) is 2.57. The van der Waals surface area contributed by atoms with Crippen LogP contribution in [0, 0.1) is 5.92 Å². The van der Waals surface area contributed by atoms with E-state index in [0.29, 0.717) is 17.8 Å². The summed E-state index contributed by atoms with van der Waals surface area (Å²) in [6.45, 7) is 5.13. The monoisotopic (exact) mass is 233 g/mol. The van der Waals surface area contributed by atoms with Crippen LogP contribution in [0.15, 0.2) is 24.3 Å². The van der Waals surface area contributed by atoms with Crippen LogP contribution in [0.25, 0.3) is 0 Å². The van der Waals surface area contributed by atoms with Crippen molar-refractivity contribution in [3.8, 4) is 0 Å². The maximum atomic E-state index is 11.4. The van der Waals surface area contributed by atoms with E-state index in [2.05, 4.69) is 19.2 Å². The lowest BCUT2D eigenvalue weighted by molar-refractivity contribution is -0.104. The molecule has 0 radical (unpaired) electrons. The molecule has 3 heteroatoms. The van der Waals surface area contributed by atoms with Crippen LogP contribution in [0.3, 0.4) is 0 Å². The summed E-state index contributed by atoms with van der Waals surface area (Å²) in [7, 11) is 0. The van der Waals surface area contributed by atoms with Crippen LogP contribution in [0.4, 0.5) is 5.69 Å². The Labute approximate surface area is 102 Å². The first-order chi connectivity index (χ1) is 8.22. The molecule has 0 amide bonds. The Kier molecular flexibility index (Phi) is 5.40. The van der Waals surface area contributed by atoms with Crippen molar-refractivity contribution in [2.75, 3.05) is 11.9 Å². The van der Waals surface area contributed by atoms with Gasteiger partial charge >= 0.3 is 0 Å². The number of Topliss-reactive ketones (excluding diaryl/α,β-unsaturated/α-hetero) is 1. The van der Waals surface area contributed by atoms with Gasteiger partial charge in [0.25, 0.3) is 0 Å². The largest absolute Gasteiger partial charge is 0.384 e. The van der Waals surface area contributed by atoms with E-state index in [4.69, 9.17) is 0 Å². The highest BCUT2D eigenvalue weighted by molar-refractivity contribution is 6.34. The lowest BCUT2D eigenvalue weighted by Gasteiger charge is -2.15. The third kappa shape index (κ3) is 3.70. The smallest absolute Gasteiger partial charge is 0.227 e. The SMILES string of the molecule is CCC(CC)CNc1ccccc1C(=O)C=O. The van der Waals surface area contributed by atoms with Gasteiger partial charge in [0, 0.05) is 17.8 Å². The zero-order valence-electron chi connectivity index (χ0n) is 10.4. The number of benzene rings is 1. The van der Waals surface area contributed by atoms with Crippen LogP contribution in [0.2, 0.25) is 0 Å². The average molecular weight is 233 g/mol. The van der Waals surface area contributed by atoms with Crippen molar-refractivity contribution in [1.29, 1.82) is 0 Å². The molecule has 0 aliphatic heterocycles. The third-order valence-electron chi connectivity index (χ3n) is 3.04. The van der Waals surface area contributed by atoms with Crippen molar-refractivity contribution in [3.05, 3.63) is 29.8 Å². The molecule has 0 bridgehead atoms. The Bertz CT molecular complexity index is 384. The molecule has 0 spiro atoms. The molecule has 1 aromatic rings. The first-order valence-electron chi connectivity index (χ1n) is 6.05. The molecule has 3 nitrogen and oxygen atoms in total. The highest BCUT2D eigenvalue weighted by Crippen LogP contribution is 2.17. The van der Waals surface area contributed by atoms with Crippen LogP contribution < -0.4 is 5.32 Å². The molecular formula is C14H19NO2. The van der Waals surface area contributed by atoms with Gasteiger partial charge in [0.1, 0.15) is 0 Å². The van der Waals surface area contributed by atoms with Crippen molar-refractivity contribution in [1.82, 2.24) is 0 Å². The minimum Gasteiger partial charge on any atom is -0.384 e. The fourth-order valence-corrected chi connectivity index (χ4v) is 1.75. The lowest BCUT2D eigenvalue weighted by atomic mass is 10.0. The Morgan fingerprint density at radius 2 is 1.94 bits per heavy atom. The molecule has 0 unspecified atom stereocenters. The normalized spacial score (nSPS) is 10.3. The predicted molar refractivity (Wildman–Crippen MR) is 69.4 cm³/mol. The quantitative estimate of drug-likeness (QED) is 0.447. The van der Waals surface area contributed by atoms with Crippen LogP contribution in [0.1, 0.15) is 37.0 Å². The van der Waals surface area contributed by atoms with Gasteiger partial charge in [-0.1, -0.05) is 38.8 Å². The molecule has 0 aromatic heterocycles. The molecule has 0 fully saturated rings. The van der Waals surface area contributed by atoms with Gasteiger partial charge in [-0.05, 0) is 18.1 Å². The van der Waals surface area contributed by atoms with Crippen LogP contribution in [-0.2, 0) is 4.79 Å². The number of ketones is 1. The number of carbonyl (C=O) groups excluding carboxylic acids is 2. The van der Waals surface area contributed by atoms with E-state index >= 15 is 0 Å². The number of rotatable bonds is 7. The molecule has 1 N–H and O–H groups in total. The molecule has 0 saturated heterocycles. The topological polar surface area (TPSA) is 46.2 Å². The zero-order valence-corrected chi connectivity index (χ0v) is 10.4. The highest BCUT2D eigenvalue weighted by atomic mass is 16.2. The number of anilines is 1. The summed E-state index contributed by atoms with van der Waals surface area (Å²) in [5.74, 6) is 0.118. The first-order valence-corrected chi connectivity index (χ1v) is 6.05. The molecule has 0 aliphatic rings. The minimum atomic E-state index is -0.474. The van der Waals surface area contributed by atoms with Crippen LogP contribution in [0.5, 0.6) is 0 Å². The maximum absolute atomic E-state index is 11.4. The second kappa shape index (κ2) is 6.84. The van der Waals surface area contributed by atoms with Crippen LogP contribution in [-0.4, -0.2) is 18.6 Å². The highest BCUT2D eigenvalue weighted by Gasteiger charge is 2.10. The number of hydrogen-bond donors (Lipinski definition) is 1. The summed E-state index contributed by atoms with van der Waals surface area (Å²) < 4.78 is 0. The van der Waals surface area contributed by atoms with Crippen LogP contribution >= 0.6 is 0 Å². The minimum absolute atomic E-state index is 0.359. The molecule has 1 aromatic carbocycles. The van der Waals surface area contributed by atoms with E-state index in [9.17, 15) is 9.59 Å². The number of hydrogen-bond acceptors (Lipinski definition) is 3. The van der Waals surface area contributed by atoms with E-state index in [1.54, 1.807) is 12.1 Å². The van der Waals surface area contributed by atoms with Gasteiger partial charge < -0.3 is 5.32 Å². The molecule has 0 atom stereocenters. The summed E-state index contributed by atoms with van der Waals surface area (Å²) >= 11 is 0. The average Bonchev–Trinajstić information content (AvgIpc) is 2.39. The van der Waals surface area contributed by atoms with E-state index in [1.165, 1.54) is 0 Å². The maximum Gasteiger partial charge on any atom is 0.227 e. The van der Waals surface area contributed by atoms with Gasteiger partial charge in [0.05, 0.1) is 0 Å². The van der Waals surface area contributed by atoms with Gasteiger partial charge in [-0.3, -0.25) is 9.59 Å². The van der Waals surface area contributed by atoms with Gasteiger partial charge in [-0.15, -0.1) is 0 Å². The summed E-state index contributed by atoms with van der Waals surface area (Å²) in [6, 6.07) is 7.13. The van der Waals surface area contributed by atoms with Gasteiger partial charge in [0.2, 0.25) is 5.78 Å². The van der Waals surface area contributed by atoms with E-state index in [-0.39, 0.29) is 0 Å². The predicted octanol–water partition coefficient (Wildman–Crippen LogP) is 2.92. The summed E-state index contributed by atoms with van der Waals surface area (Å²) in [4.78, 5) is 21.9. The summed E-state index contributed by atoms with van der Waals surface area (Å²) in [5, 5.41) is 3.25. The Morgan fingerprint density at radius 1 is 1.29 bits per heavy atom. The first kappa shape index (κ1) is 13.4.